The smallest absolute Gasteiger partial charge is 0.251 e. The van der Waals surface area contributed by atoms with Gasteiger partial charge in [0.05, 0.1) is 13.2 Å². The fourth-order valence-electron chi connectivity index (χ4n) is 3.59. The summed E-state index contributed by atoms with van der Waals surface area (Å²) in [4.78, 5) is 16.4. The van der Waals surface area contributed by atoms with Gasteiger partial charge in [0.15, 0.2) is 11.5 Å². The fourth-order valence-corrected chi connectivity index (χ4v) is 4.49. The Balaban J connectivity index is 1.45. The van der Waals surface area contributed by atoms with E-state index < -0.39 is 0 Å². The summed E-state index contributed by atoms with van der Waals surface area (Å²) in [5.41, 5.74) is 0.600. The van der Waals surface area contributed by atoms with Gasteiger partial charge in [-0.25, -0.2) is 0 Å². The van der Waals surface area contributed by atoms with Crippen LogP contribution in [-0.4, -0.2) is 50.2 Å². The topological polar surface area (TPSA) is 50.8 Å². The summed E-state index contributed by atoms with van der Waals surface area (Å²) < 4.78 is 11.2. The molecule has 3 rings (SSSR count). The predicted octanol–water partition coefficient (Wildman–Crippen LogP) is 4.15. The van der Waals surface area contributed by atoms with Crippen molar-refractivity contribution in [3.63, 3.8) is 0 Å². The van der Waals surface area contributed by atoms with E-state index in [4.69, 9.17) is 9.47 Å². The van der Waals surface area contributed by atoms with Crippen molar-refractivity contribution in [3.8, 4) is 11.5 Å². The third kappa shape index (κ3) is 5.49. The van der Waals surface area contributed by atoms with Gasteiger partial charge in [0, 0.05) is 23.5 Å². The van der Waals surface area contributed by atoms with Crippen molar-refractivity contribution in [1.29, 1.82) is 0 Å². The second kappa shape index (κ2) is 10.5. The minimum absolute atomic E-state index is 0.0718. The number of piperidine rings is 1. The zero-order valence-corrected chi connectivity index (χ0v) is 17.6. The first-order chi connectivity index (χ1) is 13.7. The van der Waals surface area contributed by atoms with Crippen molar-refractivity contribution in [2.75, 3.05) is 39.4 Å². The minimum atomic E-state index is -0.0718. The lowest BCUT2D eigenvalue weighted by Gasteiger charge is -2.31. The van der Waals surface area contributed by atoms with Crippen molar-refractivity contribution in [2.24, 2.45) is 0 Å². The lowest BCUT2D eigenvalue weighted by molar-refractivity contribution is 0.0945. The first-order valence-corrected chi connectivity index (χ1v) is 11.0. The Bertz CT molecular complexity index is 740. The molecule has 1 aromatic heterocycles. The molecule has 6 heteroatoms. The van der Waals surface area contributed by atoms with Crippen molar-refractivity contribution >= 4 is 17.2 Å². The Morgan fingerprint density at radius 2 is 1.89 bits per heavy atom. The van der Waals surface area contributed by atoms with Crippen LogP contribution in [0.25, 0.3) is 0 Å². The average molecular weight is 403 g/mol. The molecule has 1 amide bonds. The number of benzene rings is 1. The monoisotopic (exact) mass is 402 g/mol. The molecule has 1 N–H and O–H groups in total. The van der Waals surface area contributed by atoms with Gasteiger partial charge in [-0.1, -0.05) is 6.07 Å². The van der Waals surface area contributed by atoms with E-state index in [-0.39, 0.29) is 5.91 Å². The SMILES string of the molecule is CCOc1ccc(C(=O)NCCN2CCC(c3cccs3)CC2)cc1OCC. The summed E-state index contributed by atoms with van der Waals surface area (Å²) in [6.07, 6.45) is 2.40. The number of carbonyl (C=O) groups is 1. The average Bonchev–Trinajstić information content (AvgIpc) is 3.25. The van der Waals surface area contributed by atoms with E-state index in [2.05, 4.69) is 27.7 Å². The molecule has 0 aliphatic carbocycles. The van der Waals surface area contributed by atoms with Crippen LogP contribution in [0.4, 0.5) is 0 Å². The van der Waals surface area contributed by atoms with E-state index in [1.54, 1.807) is 18.2 Å². The number of nitrogens with one attached hydrogen (secondary N) is 1. The van der Waals surface area contributed by atoms with Crippen LogP contribution in [0.3, 0.4) is 0 Å². The number of nitrogens with zero attached hydrogens (tertiary/aromatic N) is 1. The first-order valence-electron chi connectivity index (χ1n) is 10.1. The maximum Gasteiger partial charge on any atom is 0.251 e. The number of hydrogen-bond donors (Lipinski definition) is 1. The molecule has 1 aliphatic rings. The number of amides is 1. The van der Waals surface area contributed by atoms with Crippen LogP contribution in [0, 0.1) is 0 Å². The van der Waals surface area contributed by atoms with Gasteiger partial charge in [0.2, 0.25) is 0 Å². The van der Waals surface area contributed by atoms with E-state index in [0.717, 1.165) is 19.6 Å². The van der Waals surface area contributed by atoms with Crippen molar-refractivity contribution < 1.29 is 14.3 Å². The molecule has 0 atom stereocenters. The number of hydrogen-bond acceptors (Lipinski definition) is 5. The Hall–Kier alpha value is -2.05. The van der Waals surface area contributed by atoms with Gasteiger partial charge >= 0.3 is 0 Å². The Kier molecular flexibility index (Phi) is 7.74. The second-order valence-electron chi connectivity index (χ2n) is 6.91. The minimum Gasteiger partial charge on any atom is -0.490 e. The highest BCUT2D eigenvalue weighted by molar-refractivity contribution is 7.10. The van der Waals surface area contributed by atoms with E-state index in [1.165, 1.54) is 17.7 Å². The van der Waals surface area contributed by atoms with Gasteiger partial charge in [-0.2, -0.15) is 0 Å². The maximum absolute atomic E-state index is 12.5. The lowest BCUT2D eigenvalue weighted by atomic mass is 9.95. The molecule has 5 nitrogen and oxygen atoms in total. The summed E-state index contributed by atoms with van der Waals surface area (Å²) in [5.74, 6) is 1.92. The number of likely N-dealkylation sites (tertiary alicyclic amines) is 1. The molecule has 152 valence electrons. The van der Waals surface area contributed by atoms with E-state index in [0.29, 0.717) is 42.7 Å². The van der Waals surface area contributed by atoms with Crippen LogP contribution in [-0.2, 0) is 0 Å². The van der Waals surface area contributed by atoms with E-state index >= 15 is 0 Å². The van der Waals surface area contributed by atoms with Gasteiger partial charge in [-0.05, 0) is 75.3 Å². The standard InChI is InChI=1S/C22H30N2O3S/c1-3-26-19-8-7-18(16-20(19)27-4-2)22(25)23-11-14-24-12-9-17(10-13-24)21-6-5-15-28-21/h5-8,15-17H,3-4,9-14H2,1-2H3,(H,23,25). The third-order valence-corrected chi connectivity index (χ3v) is 6.09. The molecular formula is C22H30N2O3S. The summed E-state index contributed by atoms with van der Waals surface area (Å²) in [6, 6.07) is 9.74. The molecule has 1 saturated heterocycles. The molecule has 2 aromatic rings. The van der Waals surface area contributed by atoms with Crippen LogP contribution in [0.2, 0.25) is 0 Å². The van der Waals surface area contributed by atoms with E-state index in [9.17, 15) is 4.79 Å². The lowest BCUT2D eigenvalue weighted by Crippen LogP contribution is -2.39. The maximum atomic E-state index is 12.5. The quantitative estimate of drug-likeness (QED) is 0.684. The molecular weight excluding hydrogens is 372 g/mol. The number of carbonyl (C=O) groups excluding carboxylic acids is 1. The summed E-state index contributed by atoms with van der Waals surface area (Å²) in [6.45, 7) is 8.68. The molecule has 0 saturated carbocycles. The molecule has 0 radical (unpaired) electrons. The van der Waals surface area contributed by atoms with Crippen molar-refractivity contribution in [3.05, 3.63) is 46.2 Å². The summed E-state index contributed by atoms with van der Waals surface area (Å²) in [7, 11) is 0. The number of ether oxygens (including phenoxy) is 2. The molecule has 0 spiro atoms. The van der Waals surface area contributed by atoms with Gasteiger partial charge in [0.25, 0.3) is 5.91 Å². The van der Waals surface area contributed by atoms with Crippen molar-refractivity contribution in [1.82, 2.24) is 10.2 Å². The van der Waals surface area contributed by atoms with Gasteiger partial charge in [-0.3, -0.25) is 4.79 Å². The highest BCUT2D eigenvalue weighted by Crippen LogP contribution is 2.31. The van der Waals surface area contributed by atoms with Gasteiger partial charge < -0.3 is 19.7 Å². The number of thiophene rings is 1. The Morgan fingerprint density at radius 1 is 1.14 bits per heavy atom. The Labute approximate surface area is 171 Å². The van der Waals surface area contributed by atoms with Crippen molar-refractivity contribution in [2.45, 2.75) is 32.6 Å². The number of rotatable bonds is 9. The summed E-state index contributed by atoms with van der Waals surface area (Å²) in [5, 5.41) is 5.19. The molecule has 28 heavy (non-hydrogen) atoms. The van der Waals surface area contributed by atoms with Gasteiger partial charge in [0.1, 0.15) is 0 Å². The van der Waals surface area contributed by atoms with Crippen LogP contribution < -0.4 is 14.8 Å². The normalized spacial score (nSPS) is 15.4. The molecule has 1 aromatic carbocycles. The van der Waals surface area contributed by atoms with Crippen LogP contribution in [0.5, 0.6) is 11.5 Å². The first kappa shape index (κ1) is 20.7. The highest BCUT2D eigenvalue weighted by Gasteiger charge is 2.21. The van der Waals surface area contributed by atoms with Gasteiger partial charge in [-0.15, -0.1) is 11.3 Å². The fraction of sp³-hybridized carbons (Fsp3) is 0.500. The second-order valence-corrected chi connectivity index (χ2v) is 7.89. The third-order valence-electron chi connectivity index (χ3n) is 5.05. The van der Waals surface area contributed by atoms with Crippen LogP contribution in [0.1, 0.15) is 47.8 Å². The predicted molar refractivity (Wildman–Crippen MR) is 114 cm³/mol. The molecule has 2 heterocycles. The molecule has 1 aliphatic heterocycles. The molecule has 1 fully saturated rings. The molecule has 0 bridgehead atoms. The summed E-state index contributed by atoms with van der Waals surface area (Å²) >= 11 is 1.86. The zero-order valence-electron chi connectivity index (χ0n) is 16.8. The van der Waals surface area contributed by atoms with Crippen LogP contribution in [0.15, 0.2) is 35.7 Å². The highest BCUT2D eigenvalue weighted by atomic mass is 32.1. The Morgan fingerprint density at radius 3 is 2.57 bits per heavy atom. The largest absolute Gasteiger partial charge is 0.490 e. The van der Waals surface area contributed by atoms with Crippen LogP contribution >= 0.6 is 11.3 Å². The van der Waals surface area contributed by atoms with E-state index in [1.807, 2.05) is 25.2 Å². The zero-order chi connectivity index (χ0) is 19.8. The molecule has 0 unspecified atom stereocenters.